The van der Waals surface area contributed by atoms with E-state index in [2.05, 4.69) is 5.32 Å². The van der Waals surface area contributed by atoms with Crippen molar-refractivity contribution in [3.63, 3.8) is 0 Å². The lowest BCUT2D eigenvalue weighted by molar-refractivity contribution is -0.137. The average molecular weight is 274 g/mol. The number of hydrogen-bond acceptors (Lipinski definition) is 2. The Morgan fingerprint density at radius 1 is 1.26 bits per heavy atom. The molecule has 6 heteroatoms. The maximum Gasteiger partial charge on any atom is 0.417 e. The largest absolute Gasteiger partial charge is 0.417 e. The van der Waals surface area contributed by atoms with Gasteiger partial charge in [-0.1, -0.05) is 12.1 Å². The van der Waals surface area contributed by atoms with E-state index >= 15 is 0 Å². The highest BCUT2D eigenvalue weighted by Crippen LogP contribution is 2.32. The molecule has 0 saturated carbocycles. The molecule has 0 aliphatic carbocycles. The van der Waals surface area contributed by atoms with Crippen LogP contribution in [0.1, 0.15) is 36.2 Å². The Morgan fingerprint density at radius 3 is 2.37 bits per heavy atom. The molecule has 106 valence electrons. The summed E-state index contributed by atoms with van der Waals surface area (Å²) in [6, 6.07) is 4.71. The number of rotatable bonds is 4. The molecule has 0 saturated heterocycles. The van der Waals surface area contributed by atoms with Crippen LogP contribution in [0, 0.1) is 0 Å². The quantitative estimate of drug-likeness (QED) is 0.886. The van der Waals surface area contributed by atoms with Crippen molar-refractivity contribution in [2.24, 2.45) is 5.73 Å². The van der Waals surface area contributed by atoms with Gasteiger partial charge in [-0.2, -0.15) is 13.2 Å². The van der Waals surface area contributed by atoms with Gasteiger partial charge in [0, 0.05) is 5.54 Å². The van der Waals surface area contributed by atoms with E-state index in [1.165, 1.54) is 12.1 Å². The van der Waals surface area contributed by atoms with E-state index in [0.29, 0.717) is 13.0 Å². The third-order valence-electron chi connectivity index (χ3n) is 2.70. The first kappa shape index (κ1) is 15.5. The van der Waals surface area contributed by atoms with E-state index in [1.54, 1.807) is 13.8 Å². The van der Waals surface area contributed by atoms with Crippen molar-refractivity contribution in [2.75, 3.05) is 6.54 Å². The van der Waals surface area contributed by atoms with Crippen molar-refractivity contribution in [1.82, 2.24) is 5.32 Å². The summed E-state index contributed by atoms with van der Waals surface area (Å²) in [6.07, 6.45) is -4.07. The van der Waals surface area contributed by atoms with Crippen LogP contribution < -0.4 is 11.1 Å². The number of hydrogen-bond donors (Lipinski definition) is 2. The van der Waals surface area contributed by atoms with Gasteiger partial charge in [-0.25, -0.2) is 0 Å². The fourth-order valence-electron chi connectivity index (χ4n) is 1.73. The van der Waals surface area contributed by atoms with Crippen LogP contribution in [-0.2, 0) is 6.18 Å². The topological polar surface area (TPSA) is 55.1 Å². The highest BCUT2D eigenvalue weighted by atomic mass is 19.4. The van der Waals surface area contributed by atoms with Gasteiger partial charge in [0.1, 0.15) is 0 Å². The Balaban J connectivity index is 3.01. The Morgan fingerprint density at radius 2 is 1.84 bits per heavy atom. The first-order valence-corrected chi connectivity index (χ1v) is 5.86. The molecule has 1 rings (SSSR count). The number of nitrogens with one attached hydrogen (secondary N) is 1. The second-order valence-electron chi connectivity index (χ2n) is 4.92. The molecule has 0 radical (unpaired) electrons. The fraction of sp³-hybridized carbons (Fsp3) is 0.462. The Labute approximate surface area is 110 Å². The van der Waals surface area contributed by atoms with Crippen LogP contribution in [0.3, 0.4) is 0 Å². The molecule has 3 N–H and O–H groups in total. The number of alkyl halides is 3. The number of amides is 1. The van der Waals surface area contributed by atoms with Crippen LogP contribution in [0.15, 0.2) is 24.3 Å². The van der Waals surface area contributed by atoms with Gasteiger partial charge in [-0.3, -0.25) is 4.79 Å². The Bertz CT molecular complexity index is 455. The molecule has 0 spiro atoms. The predicted octanol–water partition coefficient (Wildman–Crippen LogP) is 2.56. The SMILES string of the molecule is CC(C)(CCN)NC(=O)c1ccccc1C(F)(F)F. The van der Waals surface area contributed by atoms with E-state index in [9.17, 15) is 18.0 Å². The lowest BCUT2D eigenvalue weighted by Crippen LogP contribution is -2.45. The van der Waals surface area contributed by atoms with Gasteiger partial charge in [-0.05, 0) is 38.9 Å². The summed E-state index contributed by atoms with van der Waals surface area (Å²) < 4.78 is 38.4. The second kappa shape index (κ2) is 5.61. The maximum absolute atomic E-state index is 12.8. The van der Waals surface area contributed by atoms with Crippen molar-refractivity contribution in [2.45, 2.75) is 32.0 Å². The number of benzene rings is 1. The summed E-state index contributed by atoms with van der Waals surface area (Å²) >= 11 is 0. The standard InChI is InChI=1S/C13H17F3N2O/c1-12(2,7-8-17)18-11(19)9-5-3-4-6-10(9)13(14,15)16/h3-6H,7-8,17H2,1-2H3,(H,18,19). The van der Waals surface area contributed by atoms with Crippen molar-refractivity contribution >= 4 is 5.91 Å². The van der Waals surface area contributed by atoms with Gasteiger partial charge in [-0.15, -0.1) is 0 Å². The third-order valence-corrected chi connectivity index (χ3v) is 2.70. The summed E-state index contributed by atoms with van der Waals surface area (Å²) in [7, 11) is 0. The predicted molar refractivity (Wildman–Crippen MR) is 66.7 cm³/mol. The first-order chi connectivity index (χ1) is 8.67. The Hall–Kier alpha value is -1.56. The van der Waals surface area contributed by atoms with E-state index in [0.717, 1.165) is 12.1 Å². The van der Waals surface area contributed by atoms with Crippen LogP contribution in [0.25, 0.3) is 0 Å². The van der Waals surface area contributed by atoms with Crippen molar-refractivity contribution in [3.8, 4) is 0 Å². The zero-order valence-corrected chi connectivity index (χ0v) is 10.8. The van der Waals surface area contributed by atoms with Crippen LogP contribution in [0.2, 0.25) is 0 Å². The summed E-state index contributed by atoms with van der Waals surface area (Å²) in [5, 5.41) is 2.57. The van der Waals surface area contributed by atoms with Crippen LogP contribution in [0.4, 0.5) is 13.2 Å². The number of carbonyl (C=O) groups excluding carboxylic acids is 1. The normalized spacial score (nSPS) is 12.3. The van der Waals surface area contributed by atoms with Crippen molar-refractivity contribution in [1.29, 1.82) is 0 Å². The molecule has 0 aliphatic heterocycles. The van der Waals surface area contributed by atoms with Crippen molar-refractivity contribution < 1.29 is 18.0 Å². The van der Waals surface area contributed by atoms with Crippen LogP contribution in [-0.4, -0.2) is 18.0 Å². The maximum atomic E-state index is 12.8. The molecule has 0 atom stereocenters. The first-order valence-electron chi connectivity index (χ1n) is 5.86. The minimum atomic E-state index is -4.55. The minimum Gasteiger partial charge on any atom is -0.347 e. The summed E-state index contributed by atoms with van der Waals surface area (Å²) in [5.74, 6) is -0.744. The highest BCUT2D eigenvalue weighted by Gasteiger charge is 2.35. The molecule has 0 bridgehead atoms. The molecular formula is C13H17F3N2O. The van der Waals surface area contributed by atoms with Gasteiger partial charge < -0.3 is 11.1 Å². The molecule has 0 aliphatic rings. The molecule has 1 aromatic carbocycles. The minimum absolute atomic E-state index is 0.341. The average Bonchev–Trinajstić information content (AvgIpc) is 2.27. The summed E-state index contributed by atoms with van der Waals surface area (Å²) in [6.45, 7) is 3.77. The highest BCUT2D eigenvalue weighted by molar-refractivity contribution is 5.96. The Kier molecular flexibility index (Phi) is 4.57. The molecule has 19 heavy (non-hydrogen) atoms. The lowest BCUT2D eigenvalue weighted by atomic mass is 9.99. The number of carbonyl (C=O) groups is 1. The van der Waals surface area contributed by atoms with Gasteiger partial charge >= 0.3 is 6.18 Å². The van der Waals surface area contributed by atoms with E-state index < -0.39 is 23.2 Å². The van der Waals surface area contributed by atoms with Gasteiger partial charge in [0.2, 0.25) is 0 Å². The molecule has 3 nitrogen and oxygen atoms in total. The lowest BCUT2D eigenvalue weighted by Gasteiger charge is -2.26. The third kappa shape index (κ3) is 4.24. The molecule has 1 aromatic rings. The molecule has 1 amide bonds. The van der Waals surface area contributed by atoms with E-state index in [1.807, 2.05) is 0 Å². The van der Waals surface area contributed by atoms with Crippen LogP contribution in [0.5, 0.6) is 0 Å². The number of nitrogens with two attached hydrogens (primary N) is 1. The molecular weight excluding hydrogens is 257 g/mol. The second-order valence-corrected chi connectivity index (χ2v) is 4.92. The molecule has 0 fully saturated rings. The van der Waals surface area contributed by atoms with E-state index in [-0.39, 0.29) is 5.56 Å². The molecule has 0 unspecified atom stereocenters. The smallest absolute Gasteiger partial charge is 0.347 e. The molecule has 0 heterocycles. The van der Waals surface area contributed by atoms with E-state index in [4.69, 9.17) is 5.73 Å². The zero-order valence-electron chi connectivity index (χ0n) is 10.8. The summed E-state index contributed by atoms with van der Waals surface area (Å²) in [4.78, 5) is 12.0. The zero-order chi connectivity index (χ0) is 14.7. The van der Waals surface area contributed by atoms with Gasteiger partial charge in [0.05, 0.1) is 11.1 Å². The van der Waals surface area contributed by atoms with Crippen LogP contribution >= 0.6 is 0 Å². The number of halogens is 3. The fourth-order valence-corrected chi connectivity index (χ4v) is 1.73. The monoisotopic (exact) mass is 274 g/mol. The summed E-state index contributed by atoms with van der Waals surface area (Å²) in [5.41, 5.74) is 3.44. The van der Waals surface area contributed by atoms with Gasteiger partial charge in [0.25, 0.3) is 5.91 Å². The van der Waals surface area contributed by atoms with Gasteiger partial charge in [0.15, 0.2) is 0 Å². The molecule has 0 aromatic heterocycles. The van der Waals surface area contributed by atoms with Crippen molar-refractivity contribution in [3.05, 3.63) is 35.4 Å².